The third-order valence-corrected chi connectivity index (χ3v) is 6.24. The summed E-state index contributed by atoms with van der Waals surface area (Å²) in [5.74, 6) is -0.979. The molecule has 0 aromatic carbocycles. The van der Waals surface area contributed by atoms with Gasteiger partial charge in [-0.05, 0) is 63.1 Å². The lowest BCUT2D eigenvalue weighted by Gasteiger charge is -2.39. The summed E-state index contributed by atoms with van der Waals surface area (Å²) in [5.41, 5.74) is 1.48. The summed E-state index contributed by atoms with van der Waals surface area (Å²) in [6.07, 6.45) is 3.14. The molecule has 0 aliphatic carbocycles. The molecule has 1 aromatic heterocycles. The van der Waals surface area contributed by atoms with Gasteiger partial charge in [0.2, 0.25) is 0 Å². The average molecular weight is 375 g/mol. The maximum absolute atomic E-state index is 12.8. The first-order chi connectivity index (χ1) is 12.8. The zero-order valence-corrected chi connectivity index (χ0v) is 16.4. The van der Waals surface area contributed by atoms with E-state index in [0.717, 1.165) is 43.6 Å². The van der Waals surface area contributed by atoms with Crippen LogP contribution in [0.15, 0.2) is 10.9 Å². The van der Waals surface area contributed by atoms with Gasteiger partial charge in [0.25, 0.3) is 11.5 Å². The highest BCUT2D eigenvalue weighted by atomic mass is 16.4. The first-order valence-electron chi connectivity index (χ1n) is 9.73. The fraction of sp³-hybridized carbons (Fsp3) is 0.650. The van der Waals surface area contributed by atoms with Gasteiger partial charge in [-0.15, -0.1) is 0 Å². The predicted molar refractivity (Wildman–Crippen MR) is 102 cm³/mol. The number of hydrogen-bond acceptors (Lipinski definition) is 4. The predicted octanol–water partition coefficient (Wildman–Crippen LogP) is 1.78. The average Bonchev–Trinajstić information content (AvgIpc) is 2.97. The molecule has 1 atom stereocenters. The van der Waals surface area contributed by atoms with Gasteiger partial charge in [-0.2, -0.15) is 0 Å². The van der Waals surface area contributed by atoms with E-state index in [9.17, 15) is 19.5 Å². The molecule has 27 heavy (non-hydrogen) atoms. The fourth-order valence-corrected chi connectivity index (χ4v) is 4.51. The number of carbonyl (C=O) groups is 2. The number of pyridine rings is 1. The van der Waals surface area contributed by atoms with Crippen molar-refractivity contribution in [2.45, 2.75) is 52.5 Å². The Morgan fingerprint density at radius 3 is 2.56 bits per heavy atom. The van der Waals surface area contributed by atoms with Crippen molar-refractivity contribution in [2.24, 2.45) is 5.41 Å². The number of aliphatic carboxylic acids is 1. The summed E-state index contributed by atoms with van der Waals surface area (Å²) in [7, 11) is 0. The van der Waals surface area contributed by atoms with Gasteiger partial charge in [-0.3, -0.25) is 19.3 Å². The number of amides is 1. The number of rotatable bonds is 4. The van der Waals surface area contributed by atoms with Crippen molar-refractivity contribution < 1.29 is 14.7 Å². The molecule has 3 heterocycles. The van der Waals surface area contributed by atoms with Crippen LogP contribution in [0.2, 0.25) is 0 Å². The standard InChI is InChI=1S/C20H29N3O4/c1-4-7-23-12-20(11-16(23)19(26)27)5-8-22(9-6-20)18(25)15-10-13(2)14(3)21-17(15)24/h10,16H,4-9,11-12H2,1-3H3,(H,21,24)(H,26,27). The van der Waals surface area contributed by atoms with Crippen molar-refractivity contribution in [2.75, 3.05) is 26.2 Å². The molecule has 3 rings (SSSR count). The van der Waals surface area contributed by atoms with Gasteiger partial charge in [0, 0.05) is 25.3 Å². The smallest absolute Gasteiger partial charge is 0.320 e. The van der Waals surface area contributed by atoms with Gasteiger partial charge in [0.1, 0.15) is 11.6 Å². The maximum Gasteiger partial charge on any atom is 0.320 e. The van der Waals surface area contributed by atoms with Crippen molar-refractivity contribution in [3.63, 3.8) is 0 Å². The van der Waals surface area contributed by atoms with E-state index >= 15 is 0 Å². The first-order valence-corrected chi connectivity index (χ1v) is 9.73. The fourth-order valence-electron chi connectivity index (χ4n) is 4.51. The highest BCUT2D eigenvalue weighted by Crippen LogP contribution is 2.43. The molecule has 2 aliphatic rings. The van der Waals surface area contributed by atoms with Crippen molar-refractivity contribution in [3.05, 3.63) is 33.2 Å². The molecule has 2 N–H and O–H groups in total. The summed E-state index contributed by atoms with van der Waals surface area (Å²) in [5, 5.41) is 9.55. The van der Waals surface area contributed by atoms with Gasteiger partial charge in [-0.25, -0.2) is 0 Å². The summed E-state index contributed by atoms with van der Waals surface area (Å²) in [6.45, 7) is 8.46. The van der Waals surface area contributed by atoms with Crippen molar-refractivity contribution >= 4 is 11.9 Å². The molecule has 148 valence electrons. The lowest BCUT2D eigenvalue weighted by Crippen LogP contribution is -2.45. The van der Waals surface area contributed by atoms with Gasteiger partial charge in [0.05, 0.1) is 0 Å². The van der Waals surface area contributed by atoms with Crippen molar-refractivity contribution in [3.8, 4) is 0 Å². The van der Waals surface area contributed by atoms with Crippen LogP contribution in [0.3, 0.4) is 0 Å². The largest absolute Gasteiger partial charge is 0.480 e. The molecule has 1 aromatic rings. The third kappa shape index (κ3) is 3.78. The van der Waals surface area contributed by atoms with Gasteiger partial charge < -0.3 is 15.0 Å². The molecule has 0 saturated carbocycles. The van der Waals surface area contributed by atoms with E-state index in [0.29, 0.717) is 19.5 Å². The number of likely N-dealkylation sites (tertiary alicyclic amines) is 2. The number of carboxylic acid groups (broad SMARTS) is 1. The molecule has 7 heteroatoms. The van der Waals surface area contributed by atoms with E-state index in [4.69, 9.17) is 0 Å². The van der Waals surface area contributed by atoms with Crippen LogP contribution in [0.4, 0.5) is 0 Å². The number of hydrogen-bond donors (Lipinski definition) is 2. The quantitative estimate of drug-likeness (QED) is 0.837. The number of aryl methyl sites for hydroxylation is 2. The molecule has 1 unspecified atom stereocenters. The van der Waals surface area contributed by atoms with Gasteiger partial charge >= 0.3 is 5.97 Å². The Balaban J connectivity index is 1.70. The third-order valence-electron chi connectivity index (χ3n) is 6.24. The van der Waals surface area contributed by atoms with E-state index in [1.54, 1.807) is 11.0 Å². The first kappa shape index (κ1) is 19.6. The highest BCUT2D eigenvalue weighted by Gasteiger charge is 2.48. The Bertz CT molecular complexity index is 793. The highest BCUT2D eigenvalue weighted by molar-refractivity contribution is 5.94. The van der Waals surface area contributed by atoms with Crippen LogP contribution in [0.25, 0.3) is 0 Å². The van der Waals surface area contributed by atoms with Crippen LogP contribution in [0, 0.1) is 19.3 Å². The summed E-state index contributed by atoms with van der Waals surface area (Å²) in [4.78, 5) is 43.2. The second-order valence-electron chi connectivity index (χ2n) is 8.14. The van der Waals surface area contributed by atoms with E-state index in [1.165, 1.54) is 0 Å². The van der Waals surface area contributed by atoms with Crippen LogP contribution < -0.4 is 5.56 Å². The van der Waals surface area contributed by atoms with Gasteiger partial charge in [0.15, 0.2) is 0 Å². The zero-order chi connectivity index (χ0) is 19.8. The van der Waals surface area contributed by atoms with Crippen LogP contribution in [-0.2, 0) is 4.79 Å². The number of aromatic nitrogens is 1. The molecular formula is C20H29N3O4. The summed E-state index contributed by atoms with van der Waals surface area (Å²) >= 11 is 0. The molecule has 1 amide bonds. The van der Waals surface area contributed by atoms with E-state index < -0.39 is 12.0 Å². The van der Waals surface area contributed by atoms with Crippen LogP contribution in [0.5, 0.6) is 0 Å². The minimum Gasteiger partial charge on any atom is -0.480 e. The molecule has 0 bridgehead atoms. The number of nitrogens with one attached hydrogen (secondary N) is 1. The Labute approximate surface area is 159 Å². The lowest BCUT2D eigenvalue weighted by molar-refractivity contribution is -0.142. The molecular weight excluding hydrogens is 346 g/mol. The lowest BCUT2D eigenvalue weighted by atomic mass is 9.76. The second-order valence-corrected chi connectivity index (χ2v) is 8.14. The molecule has 1 spiro atoms. The van der Waals surface area contributed by atoms with E-state index in [-0.39, 0.29) is 22.4 Å². The Morgan fingerprint density at radius 2 is 1.96 bits per heavy atom. The Hall–Kier alpha value is -2.15. The van der Waals surface area contributed by atoms with E-state index in [2.05, 4.69) is 16.8 Å². The van der Waals surface area contributed by atoms with Crippen LogP contribution >= 0.6 is 0 Å². The Morgan fingerprint density at radius 1 is 1.30 bits per heavy atom. The van der Waals surface area contributed by atoms with Gasteiger partial charge in [-0.1, -0.05) is 6.92 Å². The second kappa shape index (κ2) is 7.46. The zero-order valence-electron chi connectivity index (χ0n) is 16.4. The summed E-state index contributed by atoms with van der Waals surface area (Å²) in [6, 6.07) is 1.25. The molecule has 2 fully saturated rings. The number of nitrogens with zero attached hydrogens (tertiary/aromatic N) is 2. The normalized spacial score (nSPS) is 22.3. The maximum atomic E-state index is 12.8. The van der Waals surface area contributed by atoms with Crippen LogP contribution in [0.1, 0.15) is 54.2 Å². The van der Waals surface area contributed by atoms with Crippen molar-refractivity contribution in [1.82, 2.24) is 14.8 Å². The minimum absolute atomic E-state index is 0.0371. The molecule has 2 aliphatic heterocycles. The summed E-state index contributed by atoms with van der Waals surface area (Å²) < 4.78 is 0. The number of carboxylic acids is 1. The number of aromatic amines is 1. The van der Waals surface area contributed by atoms with Crippen molar-refractivity contribution in [1.29, 1.82) is 0 Å². The minimum atomic E-state index is -0.750. The molecule has 0 radical (unpaired) electrons. The topological polar surface area (TPSA) is 93.7 Å². The molecule has 2 saturated heterocycles. The monoisotopic (exact) mass is 375 g/mol. The number of H-pyrrole nitrogens is 1. The molecule has 7 nitrogen and oxygen atoms in total. The number of carbonyl (C=O) groups excluding carboxylic acids is 1. The Kier molecular flexibility index (Phi) is 5.42. The number of piperidine rings is 1. The SMILES string of the molecule is CCCN1CC2(CCN(C(=O)c3cc(C)c(C)[nH]c3=O)CC2)CC1C(=O)O. The van der Waals surface area contributed by atoms with Crippen LogP contribution in [-0.4, -0.2) is 64.0 Å². The van der Waals surface area contributed by atoms with E-state index in [1.807, 2.05) is 13.8 Å².